The molecule has 156 valence electrons. The summed E-state index contributed by atoms with van der Waals surface area (Å²) in [5.74, 6) is -0.708. The van der Waals surface area contributed by atoms with Crippen LogP contribution in [0.4, 0.5) is 4.79 Å². The van der Waals surface area contributed by atoms with Crippen molar-refractivity contribution in [1.82, 2.24) is 10.6 Å². The predicted octanol–water partition coefficient (Wildman–Crippen LogP) is 2.17. The summed E-state index contributed by atoms with van der Waals surface area (Å²) in [6.45, 7) is 4.74. The lowest BCUT2D eigenvalue weighted by Crippen LogP contribution is -2.45. The van der Waals surface area contributed by atoms with E-state index in [2.05, 4.69) is 10.6 Å². The normalized spacial score (nSPS) is 11.4. The highest BCUT2D eigenvalue weighted by Crippen LogP contribution is 2.00. The molecule has 1 aromatic carbocycles. The Morgan fingerprint density at radius 2 is 1.79 bits per heavy atom. The van der Waals surface area contributed by atoms with Crippen LogP contribution in [0.5, 0.6) is 0 Å². The van der Waals surface area contributed by atoms with Gasteiger partial charge in [-0.2, -0.15) is 0 Å². The highest BCUT2D eigenvalue weighted by molar-refractivity contribution is 5.85. The molecule has 1 aromatic rings. The number of benzene rings is 1. The maximum atomic E-state index is 11.9. The van der Waals surface area contributed by atoms with E-state index in [1.165, 1.54) is 0 Å². The van der Waals surface area contributed by atoms with Crippen LogP contribution < -0.4 is 10.6 Å². The molecule has 8 heteroatoms. The maximum Gasteiger partial charge on any atom is 0.408 e. The van der Waals surface area contributed by atoms with Crippen molar-refractivity contribution in [2.45, 2.75) is 45.8 Å². The molecular formula is C20H30N2O6. The molecule has 0 aliphatic carbocycles. The van der Waals surface area contributed by atoms with Gasteiger partial charge in [-0.15, -0.1) is 0 Å². The van der Waals surface area contributed by atoms with Gasteiger partial charge in [0, 0.05) is 13.2 Å². The molecule has 0 saturated heterocycles. The molecule has 1 rings (SSSR count). The molecule has 0 saturated carbocycles. The van der Waals surface area contributed by atoms with Crippen molar-refractivity contribution in [3.8, 4) is 0 Å². The third-order valence-electron chi connectivity index (χ3n) is 3.69. The predicted molar refractivity (Wildman–Crippen MR) is 104 cm³/mol. The van der Waals surface area contributed by atoms with Crippen LogP contribution in [-0.2, 0) is 30.4 Å². The van der Waals surface area contributed by atoms with Crippen molar-refractivity contribution in [3.05, 3.63) is 35.9 Å². The van der Waals surface area contributed by atoms with Gasteiger partial charge >= 0.3 is 12.1 Å². The Kier molecular flexibility index (Phi) is 12.1. The first kappa shape index (κ1) is 23.4. The van der Waals surface area contributed by atoms with E-state index in [0.29, 0.717) is 26.2 Å². The van der Waals surface area contributed by atoms with Crippen LogP contribution in [0, 0.1) is 0 Å². The lowest BCUT2D eigenvalue weighted by molar-refractivity contribution is -0.149. The summed E-state index contributed by atoms with van der Waals surface area (Å²) in [5, 5.41) is 5.16. The third kappa shape index (κ3) is 11.2. The number of carbonyl (C=O) groups is 3. The Labute approximate surface area is 165 Å². The Hall–Kier alpha value is -2.61. The molecule has 2 amide bonds. The molecule has 0 aromatic heterocycles. The summed E-state index contributed by atoms with van der Waals surface area (Å²) in [5.41, 5.74) is 0.865. The van der Waals surface area contributed by atoms with Crippen molar-refractivity contribution in [3.63, 3.8) is 0 Å². The topological polar surface area (TPSA) is 103 Å². The zero-order chi connectivity index (χ0) is 20.6. The number of hydrogen-bond donors (Lipinski definition) is 2. The van der Waals surface area contributed by atoms with Gasteiger partial charge in [0.15, 0.2) is 0 Å². The Morgan fingerprint density at radius 3 is 2.50 bits per heavy atom. The van der Waals surface area contributed by atoms with Gasteiger partial charge in [0.1, 0.15) is 19.3 Å². The van der Waals surface area contributed by atoms with Crippen LogP contribution in [-0.4, -0.2) is 50.4 Å². The van der Waals surface area contributed by atoms with Crippen molar-refractivity contribution < 1.29 is 28.6 Å². The second-order valence-electron chi connectivity index (χ2n) is 6.20. The second kappa shape index (κ2) is 14.4. The maximum absolute atomic E-state index is 11.9. The fourth-order valence-corrected chi connectivity index (χ4v) is 2.07. The van der Waals surface area contributed by atoms with Crippen LogP contribution in [0.3, 0.4) is 0 Å². The molecule has 0 aliphatic heterocycles. The van der Waals surface area contributed by atoms with Crippen molar-refractivity contribution in [2.24, 2.45) is 0 Å². The van der Waals surface area contributed by atoms with E-state index in [1.54, 1.807) is 6.92 Å². The Morgan fingerprint density at radius 1 is 1.04 bits per heavy atom. The van der Waals surface area contributed by atoms with Gasteiger partial charge < -0.3 is 24.8 Å². The highest BCUT2D eigenvalue weighted by atomic mass is 16.6. The van der Waals surface area contributed by atoms with E-state index in [4.69, 9.17) is 14.2 Å². The van der Waals surface area contributed by atoms with Gasteiger partial charge in [-0.25, -0.2) is 9.59 Å². The minimum atomic E-state index is -0.724. The smallest absolute Gasteiger partial charge is 0.408 e. The number of esters is 1. The van der Waals surface area contributed by atoms with E-state index in [-0.39, 0.29) is 25.1 Å². The zero-order valence-electron chi connectivity index (χ0n) is 16.6. The zero-order valence-corrected chi connectivity index (χ0v) is 16.6. The van der Waals surface area contributed by atoms with Crippen molar-refractivity contribution >= 4 is 18.0 Å². The quantitative estimate of drug-likeness (QED) is 0.393. The molecule has 2 N–H and O–H groups in total. The fraction of sp³-hybridized carbons (Fsp3) is 0.550. The summed E-state index contributed by atoms with van der Waals surface area (Å²) in [7, 11) is 0. The first-order chi connectivity index (χ1) is 13.5. The van der Waals surface area contributed by atoms with E-state index >= 15 is 0 Å². The minimum absolute atomic E-state index is 0.0944. The number of nitrogens with one attached hydrogen (secondary N) is 2. The molecule has 0 bridgehead atoms. The van der Waals surface area contributed by atoms with Gasteiger partial charge in [-0.1, -0.05) is 43.7 Å². The monoisotopic (exact) mass is 394 g/mol. The molecule has 0 aliphatic rings. The summed E-state index contributed by atoms with van der Waals surface area (Å²) >= 11 is 0. The number of alkyl carbamates (subject to hydrolysis) is 1. The average Bonchev–Trinajstić information content (AvgIpc) is 2.69. The van der Waals surface area contributed by atoms with Gasteiger partial charge in [0.05, 0.1) is 6.61 Å². The number of hydrogen-bond acceptors (Lipinski definition) is 6. The molecule has 0 radical (unpaired) electrons. The molecule has 1 atom stereocenters. The third-order valence-corrected chi connectivity index (χ3v) is 3.69. The number of rotatable bonds is 13. The standard InChI is InChI=1S/C20H30N2O6/c1-3-4-13-27-18(23)15-26-12-8-11-21-19(24)16(2)22-20(25)28-14-17-9-6-5-7-10-17/h5-7,9-10,16H,3-4,8,11-15H2,1-2H3,(H,21,24)(H,22,25)/t16-/m0/s1. The molecule has 28 heavy (non-hydrogen) atoms. The van der Waals surface area contributed by atoms with Crippen LogP contribution >= 0.6 is 0 Å². The molecule has 8 nitrogen and oxygen atoms in total. The molecule has 0 unspecified atom stereocenters. The molecular weight excluding hydrogens is 364 g/mol. The van der Waals surface area contributed by atoms with E-state index in [0.717, 1.165) is 18.4 Å². The first-order valence-corrected chi connectivity index (χ1v) is 9.51. The highest BCUT2D eigenvalue weighted by Gasteiger charge is 2.15. The Bertz CT molecular complexity index is 594. The average molecular weight is 394 g/mol. The number of ether oxygens (including phenoxy) is 3. The number of carbonyl (C=O) groups excluding carboxylic acids is 3. The van der Waals surface area contributed by atoms with Gasteiger partial charge in [0.2, 0.25) is 5.91 Å². The van der Waals surface area contributed by atoms with Gasteiger partial charge in [0.25, 0.3) is 0 Å². The van der Waals surface area contributed by atoms with Crippen LogP contribution in [0.1, 0.15) is 38.7 Å². The lowest BCUT2D eigenvalue weighted by Gasteiger charge is -2.14. The van der Waals surface area contributed by atoms with Gasteiger partial charge in [-0.3, -0.25) is 4.79 Å². The van der Waals surface area contributed by atoms with Crippen LogP contribution in [0.25, 0.3) is 0 Å². The SMILES string of the molecule is CCCCOC(=O)COCCCNC(=O)[C@H](C)NC(=O)OCc1ccccc1. The van der Waals surface area contributed by atoms with E-state index in [1.807, 2.05) is 37.3 Å². The van der Waals surface area contributed by atoms with Gasteiger partial charge in [-0.05, 0) is 25.3 Å². The minimum Gasteiger partial charge on any atom is -0.464 e. The van der Waals surface area contributed by atoms with Crippen molar-refractivity contribution in [1.29, 1.82) is 0 Å². The van der Waals surface area contributed by atoms with E-state index in [9.17, 15) is 14.4 Å². The van der Waals surface area contributed by atoms with Crippen LogP contribution in [0.2, 0.25) is 0 Å². The number of unbranched alkanes of at least 4 members (excludes halogenated alkanes) is 1. The van der Waals surface area contributed by atoms with Crippen molar-refractivity contribution in [2.75, 3.05) is 26.4 Å². The summed E-state index contributed by atoms with van der Waals surface area (Å²) in [6.07, 6.45) is 1.69. The Balaban J connectivity index is 2.06. The number of amides is 2. The second-order valence-corrected chi connectivity index (χ2v) is 6.20. The first-order valence-electron chi connectivity index (χ1n) is 9.51. The largest absolute Gasteiger partial charge is 0.464 e. The summed E-state index contributed by atoms with van der Waals surface area (Å²) in [4.78, 5) is 35.0. The lowest BCUT2D eigenvalue weighted by atomic mass is 10.2. The molecule has 0 heterocycles. The van der Waals surface area contributed by atoms with Crippen LogP contribution in [0.15, 0.2) is 30.3 Å². The van der Waals surface area contributed by atoms with E-state index < -0.39 is 12.1 Å². The summed E-state index contributed by atoms with van der Waals surface area (Å²) < 4.78 is 15.2. The fourth-order valence-electron chi connectivity index (χ4n) is 2.07. The summed E-state index contributed by atoms with van der Waals surface area (Å²) in [6, 6.07) is 8.54. The molecule has 0 spiro atoms. The molecule has 0 fully saturated rings.